The molecule has 0 amide bonds. The molecule has 1 aromatic heterocycles. The lowest BCUT2D eigenvalue weighted by atomic mass is 10.1. The van der Waals surface area contributed by atoms with Crippen LogP contribution in [0, 0.1) is 0 Å². The number of nitrogens with one attached hydrogen (secondary N) is 1. The topological polar surface area (TPSA) is 52.5 Å². The summed E-state index contributed by atoms with van der Waals surface area (Å²) in [5.74, 6) is 0. The summed E-state index contributed by atoms with van der Waals surface area (Å²) in [5.41, 5.74) is 0. The fourth-order valence-electron chi connectivity index (χ4n) is 2.08. The van der Waals surface area contributed by atoms with Gasteiger partial charge in [-0.2, -0.15) is 0 Å². The van der Waals surface area contributed by atoms with Gasteiger partial charge in [-0.1, -0.05) is 18.2 Å². The van der Waals surface area contributed by atoms with E-state index in [1.165, 1.54) is 10.1 Å². The number of thiophene rings is 1. The van der Waals surface area contributed by atoms with Crippen molar-refractivity contribution in [1.29, 1.82) is 0 Å². The van der Waals surface area contributed by atoms with Gasteiger partial charge in [0.1, 0.15) is 6.10 Å². The summed E-state index contributed by atoms with van der Waals surface area (Å²) in [6, 6.07) is 10.6. The van der Waals surface area contributed by atoms with Gasteiger partial charge in [-0.15, -0.1) is 11.3 Å². The first-order valence-electron chi connectivity index (χ1n) is 6.71. The van der Waals surface area contributed by atoms with Gasteiger partial charge in [0.2, 0.25) is 0 Å². The van der Waals surface area contributed by atoms with E-state index in [1.54, 1.807) is 11.3 Å². The highest BCUT2D eigenvalue weighted by Crippen LogP contribution is 2.29. The highest BCUT2D eigenvalue weighted by atomic mass is 32.1. The molecule has 3 nitrogen and oxygen atoms in total. The van der Waals surface area contributed by atoms with Gasteiger partial charge in [-0.05, 0) is 37.3 Å². The Bertz CT molecular complexity index is 479. The fraction of sp³-hybridized carbons (Fsp3) is 0.467. The van der Waals surface area contributed by atoms with Gasteiger partial charge >= 0.3 is 0 Å². The molecule has 0 aliphatic heterocycles. The molecule has 104 valence electrons. The number of benzene rings is 1. The van der Waals surface area contributed by atoms with Crippen LogP contribution < -0.4 is 5.32 Å². The first-order valence-corrected chi connectivity index (χ1v) is 7.53. The minimum atomic E-state index is -0.464. The van der Waals surface area contributed by atoms with Gasteiger partial charge in [0.15, 0.2) is 0 Å². The molecule has 0 fully saturated rings. The van der Waals surface area contributed by atoms with Crippen molar-refractivity contribution in [1.82, 2.24) is 5.32 Å². The van der Waals surface area contributed by atoms with Crippen LogP contribution in [0.5, 0.6) is 0 Å². The lowest BCUT2D eigenvalue weighted by molar-refractivity contribution is 0.172. The van der Waals surface area contributed by atoms with Crippen LogP contribution in [0.3, 0.4) is 0 Å². The summed E-state index contributed by atoms with van der Waals surface area (Å²) in [6.07, 6.45) is 1.26. The van der Waals surface area contributed by atoms with Crippen LogP contribution in [0.15, 0.2) is 30.3 Å². The van der Waals surface area contributed by atoms with Crippen LogP contribution in [-0.4, -0.2) is 29.4 Å². The van der Waals surface area contributed by atoms with Crippen molar-refractivity contribution in [2.75, 3.05) is 13.2 Å². The van der Waals surface area contributed by atoms with Crippen LogP contribution in [-0.2, 0) is 0 Å². The molecule has 0 bridgehead atoms. The Morgan fingerprint density at radius 3 is 2.84 bits per heavy atom. The minimum Gasteiger partial charge on any atom is -0.396 e. The maximum Gasteiger partial charge on any atom is 0.101 e. The number of hydrogen-bond donors (Lipinski definition) is 3. The van der Waals surface area contributed by atoms with Crippen molar-refractivity contribution >= 4 is 21.4 Å². The van der Waals surface area contributed by atoms with E-state index in [-0.39, 0.29) is 6.61 Å². The number of rotatable bonds is 7. The third-order valence-electron chi connectivity index (χ3n) is 3.23. The molecule has 4 heteroatoms. The standard InChI is InChI=1S/C15H21NO2S/c1-11(5-4-8-17)16-10-13(18)15-9-12-6-2-3-7-14(12)19-15/h2-3,6-7,9,11,13,16-18H,4-5,8,10H2,1H3. The summed E-state index contributed by atoms with van der Waals surface area (Å²) in [5, 5.41) is 23.5. The highest BCUT2D eigenvalue weighted by Gasteiger charge is 2.12. The van der Waals surface area contributed by atoms with Crippen molar-refractivity contribution in [2.24, 2.45) is 0 Å². The molecule has 0 saturated heterocycles. The Kier molecular flexibility index (Phi) is 5.34. The van der Waals surface area contributed by atoms with E-state index in [9.17, 15) is 5.11 Å². The predicted molar refractivity (Wildman–Crippen MR) is 80.6 cm³/mol. The molecule has 2 rings (SSSR count). The summed E-state index contributed by atoms with van der Waals surface area (Å²) in [6.45, 7) is 2.86. The molecule has 2 aromatic rings. The molecular formula is C15H21NO2S. The van der Waals surface area contributed by atoms with Gasteiger partial charge in [0, 0.05) is 28.8 Å². The Hall–Kier alpha value is -0.940. The molecule has 1 heterocycles. The molecule has 2 atom stereocenters. The normalized spacial score (nSPS) is 14.7. The Morgan fingerprint density at radius 2 is 2.11 bits per heavy atom. The van der Waals surface area contributed by atoms with E-state index < -0.39 is 6.10 Å². The zero-order valence-electron chi connectivity index (χ0n) is 11.2. The van der Waals surface area contributed by atoms with Crippen LogP contribution in [0.25, 0.3) is 10.1 Å². The highest BCUT2D eigenvalue weighted by molar-refractivity contribution is 7.19. The van der Waals surface area contributed by atoms with Crippen molar-refractivity contribution in [2.45, 2.75) is 31.9 Å². The molecule has 0 spiro atoms. The summed E-state index contributed by atoms with van der Waals surface area (Å²) in [4.78, 5) is 1.00. The lowest BCUT2D eigenvalue weighted by Gasteiger charge is -2.15. The zero-order valence-corrected chi connectivity index (χ0v) is 12.0. The van der Waals surface area contributed by atoms with Gasteiger partial charge in [0.25, 0.3) is 0 Å². The summed E-state index contributed by atoms with van der Waals surface area (Å²) in [7, 11) is 0. The molecule has 0 radical (unpaired) electrons. The minimum absolute atomic E-state index is 0.227. The zero-order chi connectivity index (χ0) is 13.7. The fourth-order valence-corrected chi connectivity index (χ4v) is 3.13. The molecule has 19 heavy (non-hydrogen) atoms. The maximum atomic E-state index is 10.2. The molecule has 0 saturated carbocycles. The number of aliphatic hydroxyl groups is 2. The largest absolute Gasteiger partial charge is 0.396 e. The van der Waals surface area contributed by atoms with E-state index in [4.69, 9.17) is 5.11 Å². The molecule has 1 aromatic carbocycles. The summed E-state index contributed by atoms with van der Waals surface area (Å²) >= 11 is 1.64. The first kappa shape index (κ1) is 14.5. The number of fused-ring (bicyclic) bond motifs is 1. The Morgan fingerprint density at radius 1 is 1.32 bits per heavy atom. The van der Waals surface area contributed by atoms with Crippen LogP contribution in [0.1, 0.15) is 30.7 Å². The Balaban J connectivity index is 1.90. The quantitative estimate of drug-likeness (QED) is 0.730. The molecule has 0 aliphatic carbocycles. The predicted octanol–water partition coefficient (Wildman–Crippen LogP) is 2.69. The van der Waals surface area contributed by atoms with Crippen molar-refractivity contribution in [3.05, 3.63) is 35.2 Å². The lowest BCUT2D eigenvalue weighted by Crippen LogP contribution is -2.30. The van der Waals surface area contributed by atoms with Crippen LogP contribution in [0.4, 0.5) is 0 Å². The average Bonchev–Trinajstić information content (AvgIpc) is 2.86. The van der Waals surface area contributed by atoms with Crippen LogP contribution >= 0.6 is 11.3 Å². The van der Waals surface area contributed by atoms with Gasteiger partial charge in [0.05, 0.1) is 0 Å². The van der Waals surface area contributed by atoms with E-state index >= 15 is 0 Å². The van der Waals surface area contributed by atoms with Crippen molar-refractivity contribution < 1.29 is 10.2 Å². The van der Waals surface area contributed by atoms with E-state index in [2.05, 4.69) is 30.4 Å². The van der Waals surface area contributed by atoms with Crippen molar-refractivity contribution in [3.8, 4) is 0 Å². The third kappa shape index (κ3) is 4.01. The molecule has 2 unspecified atom stereocenters. The third-order valence-corrected chi connectivity index (χ3v) is 4.45. The number of hydrogen-bond acceptors (Lipinski definition) is 4. The molecule has 0 aliphatic rings. The smallest absolute Gasteiger partial charge is 0.101 e. The average molecular weight is 279 g/mol. The molecule has 3 N–H and O–H groups in total. The maximum absolute atomic E-state index is 10.2. The number of aliphatic hydroxyl groups excluding tert-OH is 2. The van der Waals surface area contributed by atoms with E-state index in [0.717, 1.165) is 17.7 Å². The SMILES string of the molecule is CC(CCCO)NCC(O)c1cc2ccccc2s1. The Labute approximate surface area is 117 Å². The van der Waals surface area contributed by atoms with Gasteiger partial charge in [-0.25, -0.2) is 0 Å². The summed E-state index contributed by atoms with van der Waals surface area (Å²) < 4.78 is 1.21. The second-order valence-corrected chi connectivity index (χ2v) is 5.99. The monoisotopic (exact) mass is 279 g/mol. The van der Waals surface area contributed by atoms with Crippen molar-refractivity contribution in [3.63, 3.8) is 0 Å². The van der Waals surface area contributed by atoms with E-state index in [0.29, 0.717) is 12.6 Å². The second kappa shape index (κ2) is 7.01. The van der Waals surface area contributed by atoms with Gasteiger partial charge < -0.3 is 15.5 Å². The first-order chi connectivity index (χ1) is 9.20. The van der Waals surface area contributed by atoms with E-state index in [1.807, 2.05) is 12.1 Å². The second-order valence-electron chi connectivity index (χ2n) is 4.88. The van der Waals surface area contributed by atoms with Crippen LogP contribution in [0.2, 0.25) is 0 Å². The van der Waals surface area contributed by atoms with Gasteiger partial charge in [-0.3, -0.25) is 0 Å². The molecular weight excluding hydrogens is 258 g/mol.